The largest absolute Gasteiger partial charge is 0.508 e. The predicted octanol–water partition coefficient (Wildman–Crippen LogP) is 9.68. The molecule has 2 aliphatic carbocycles. The highest BCUT2D eigenvalue weighted by atomic mass is 16.5. The van der Waals surface area contributed by atoms with Gasteiger partial charge in [-0.3, -0.25) is 5.32 Å². The van der Waals surface area contributed by atoms with Crippen LogP contribution >= 0.6 is 0 Å². The highest BCUT2D eigenvalue weighted by Gasteiger charge is 2.48. The number of aromatic nitrogens is 1. The van der Waals surface area contributed by atoms with Crippen LogP contribution in [-0.4, -0.2) is 82.1 Å². The number of aryl methyl sites for hydroxylation is 2. The van der Waals surface area contributed by atoms with Gasteiger partial charge in [0.25, 0.3) is 0 Å². The number of dihydropyridines is 1. The minimum absolute atomic E-state index is 0.0308. The van der Waals surface area contributed by atoms with E-state index in [1.165, 1.54) is 16.7 Å². The first-order valence-corrected chi connectivity index (χ1v) is 27.6. The van der Waals surface area contributed by atoms with Crippen LogP contribution in [0.2, 0.25) is 0 Å². The molecule has 7 aliphatic rings. The zero-order chi connectivity index (χ0) is 52.6. The first-order chi connectivity index (χ1) is 37.6. The molecule has 5 aromatic carbocycles. The van der Waals surface area contributed by atoms with Gasteiger partial charge >= 0.3 is 0 Å². The summed E-state index contributed by atoms with van der Waals surface area (Å²) < 4.78 is 27.9. The molecule has 0 spiro atoms. The van der Waals surface area contributed by atoms with Crippen molar-refractivity contribution in [2.24, 2.45) is 17.8 Å². The third kappa shape index (κ3) is 10.2. The van der Waals surface area contributed by atoms with E-state index in [0.717, 1.165) is 106 Å². The number of ether oxygens (including phenoxy) is 4. The molecular formula is C65H69N3O9. The van der Waals surface area contributed by atoms with Gasteiger partial charge in [-0.2, -0.15) is 0 Å². The number of hydrogen-bond donors (Lipinski definition) is 7. The Kier molecular flexibility index (Phi) is 14.5. The number of nitrogens with zero attached hydrogens (tertiary/aromatic N) is 1. The van der Waals surface area contributed by atoms with E-state index in [1.807, 2.05) is 30.4 Å². The molecular weight excluding hydrogens is 967 g/mol. The van der Waals surface area contributed by atoms with E-state index in [4.69, 9.17) is 18.9 Å². The van der Waals surface area contributed by atoms with Gasteiger partial charge in [0.2, 0.25) is 0 Å². The number of rotatable bonds is 10. The lowest BCUT2D eigenvalue weighted by Gasteiger charge is -2.49. The summed E-state index contributed by atoms with van der Waals surface area (Å²) in [4.78, 5) is 0. The Morgan fingerprint density at radius 2 is 1.82 bits per heavy atom. The van der Waals surface area contributed by atoms with Gasteiger partial charge in [0.1, 0.15) is 30.1 Å². The van der Waals surface area contributed by atoms with Crippen molar-refractivity contribution in [1.82, 2.24) is 15.2 Å². The Bertz CT molecular complexity index is 3360. The summed E-state index contributed by atoms with van der Waals surface area (Å²) in [7, 11) is 1.67. The van der Waals surface area contributed by atoms with E-state index in [1.54, 1.807) is 31.4 Å². The van der Waals surface area contributed by atoms with E-state index in [2.05, 4.69) is 88.0 Å². The van der Waals surface area contributed by atoms with Gasteiger partial charge in [-0.1, -0.05) is 78.6 Å². The average molecular weight is 1040 g/mol. The maximum atomic E-state index is 12.2. The minimum Gasteiger partial charge on any atom is -0.508 e. The second kappa shape index (κ2) is 21.9. The molecule has 0 amide bonds. The van der Waals surface area contributed by atoms with Crippen LogP contribution in [0.4, 0.5) is 0 Å². The lowest BCUT2D eigenvalue weighted by atomic mass is 9.57. The van der Waals surface area contributed by atoms with Crippen molar-refractivity contribution in [3.63, 3.8) is 0 Å². The minimum atomic E-state index is -0.759. The van der Waals surface area contributed by atoms with Crippen molar-refractivity contribution < 1.29 is 44.5 Å². The molecule has 0 radical (unpaired) electrons. The van der Waals surface area contributed by atoms with E-state index < -0.39 is 6.10 Å². The van der Waals surface area contributed by atoms with Crippen LogP contribution in [0.15, 0.2) is 121 Å². The van der Waals surface area contributed by atoms with Gasteiger partial charge in [-0.25, -0.2) is 0 Å². The van der Waals surface area contributed by atoms with Crippen molar-refractivity contribution in [2.75, 3.05) is 33.7 Å². The Hall–Kier alpha value is -6.82. The van der Waals surface area contributed by atoms with E-state index in [9.17, 15) is 25.5 Å². The fourth-order valence-electron chi connectivity index (χ4n) is 13.4. The number of aliphatic hydroxyl groups excluding tert-OH is 2. The van der Waals surface area contributed by atoms with Crippen LogP contribution < -0.4 is 15.4 Å². The average Bonchev–Trinajstić information content (AvgIpc) is 3.96. The summed E-state index contributed by atoms with van der Waals surface area (Å²) in [5.41, 5.74) is 11.4. The van der Waals surface area contributed by atoms with Crippen molar-refractivity contribution >= 4 is 22.7 Å². The highest BCUT2D eigenvalue weighted by Crippen LogP contribution is 2.52. The maximum Gasteiger partial charge on any atom is 0.168 e. The van der Waals surface area contributed by atoms with Crippen LogP contribution in [0.3, 0.4) is 0 Å². The molecule has 13 rings (SSSR count). The summed E-state index contributed by atoms with van der Waals surface area (Å²) in [5, 5.41) is 65.0. The molecule has 1 saturated heterocycles. The quantitative estimate of drug-likeness (QED) is 0.0516. The normalized spacial score (nSPS) is 24.8. The van der Waals surface area contributed by atoms with Crippen LogP contribution in [0.1, 0.15) is 101 Å². The molecule has 5 aliphatic heterocycles. The third-order valence-electron chi connectivity index (χ3n) is 17.4. The zero-order valence-corrected chi connectivity index (χ0v) is 43.8. The number of phenols is 3. The zero-order valence-electron chi connectivity index (χ0n) is 43.8. The van der Waals surface area contributed by atoms with E-state index in [0.29, 0.717) is 56.9 Å². The van der Waals surface area contributed by atoms with Crippen molar-refractivity contribution in [3.8, 4) is 34.8 Å². The van der Waals surface area contributed by atoms with E-state index in [-0.39, 0.29) is 72.5 Å². The van der Waals surface area contributed by atoms with Crippen LogP contribution in [0.25, 0.3) is 22.7 Å². The number of aromatic hydroxyl groups is 3. The molecule has 398 valence electrons. The number of hydrogen-bond acceptors (Lipinski definition) is 11. The second-order valence-electron chi connectivity index (χ2n) is 22.1. The summed E-state index contributed by atoms with van der Waals surface area (Å²) in [6.45, 7) is 1.79. The number of methoxy groups -OCH3 is 1. The molecule has 1 unspecified atom stereocenters. The molecule has 1 fully saturated rings. The second-order valence-corrected chi connectivity index (χ2v) is 22.1. The topological polar surface area (TPSA) is 167 Å². The first kappa shape index (κ1) is 51.0. The molecule has 12 nitrogen and oxygen atoms in total. The lowest BCUT2D eigenvalue weighted by Crippen LogP contribution is -2.47. The summed E-state index contributed by atoms with van der Waals surface area (Å²) in [6.07, 6.45) is 17.3. The first-order valence-electron chi connectivity index (χ1n) is 27.6. The fourth-order valence-corrected chi connectivity index (χ4v) is 13.4. The van der Waals surface area contributed by atoms with Crippen LogP contribution in [0, 0.1) is 29.6 Å². The van der Waals surface area contributed by atoms with Gasteiger partial charge in [0.05, 0.1) is 38.8 Å². The number of benzene rings is 5. The SMILES string of the molecule is COCNC1C=C2C#C[C@H](CCc3ccc(O)c(Cc4cccc(O)c4)c3)CCC[C@H]3C[C@H](O)[C@H]4C=Cc5c(c(CO)cc(O)c5OCc5cc([C@]67CCOC[C@@H]6CCc6ccccc67)cc6cn(cc56)C(=C2CO3)N1)C4. The number of phenolic OH excluding ortho intramolecular Hbond substituents is 3. The number of aliphatic hydroxyl groups is 2. The van der Waals surface area contributed by atoms with Crippen molar-refractivity contribution in [3.05, 3.63) is 176 Å². The summed E-state index contributed by atoms with van der Waals surface area (Å²) in [6, 6.07) is 28.2. The molecule has 0 saturated carbocycles. The Morgan fingerprint density at radius 1 is 0.909 bits per heavy atom. The molecule has 7 N–H and O–H groups in total. The standard InChI is InChI=1S/C65H69N3O9/c1-74-39-66-62-31-44-16-14-40(12-13-41-15-21-59(71)46(24-41)25-42-7-4-9-52(70)26-42)6-5-10-53-32-60(72)45-18-20-54-55(29-45)48(35-69)30-61(73)63(54)77-36-49-28-51(27-47-33-68(34-56(47)49)64(67-62)57(44)38-76-53)65-22-23-75-37-50(65)19-17-43-8-2-3-11-58(43)65/h2-4,7-9,11,15,18,20-21,24,26-28,30-31,33-34,40,45,50,53,60,62,66-67,69-73H,5-6,10,12-13,17,19,22-23,25,29,32,35-39H2,1H3/t40-,45-,50-,53-,60-,62?,65-/m0/s1. The molecule has 8 bridgehead atoms. The van der Waals surface area contributed by atoms with Gasteiger partial charge in [0, 0.05) is 83.7 Å². The Morgan fingerprint density at radius 3 is 2.70 bits per heavy atom. The summed E-state index contributed by atoms with van der Waals surface area (Å²) >= 11 is 0. The molecule has 6 aromatic rings. The van der Waals surface area contributed by atoms with Gasteiger partial charge in [-0.05, 0) is 150 Å². The predicted molar refractivity (Wildman–Crippen MR) is 297 cm³/mol. The Balaban J connectivity index is 0.985. The summed E-state index contributed by atoms with van der Waals surface area (Å²) in [5.74, 6) is 9.08. The molecule has 1 aromatic heterocycles. The molecule has 12 heteroatoms. The van der Waals surface area contributed by atoms with E-state index >= 15 is 0 Å². The molecule has 7 atom stereocenters. The molecule has 77 heavy (non-hydrogen) atoms. The monoisotopic (exact) mass is 1040 g/mol. The van der Waals surface area contributed by atoms with Gasteiger partial charge in [0.15, 0.2) is 11.5 Å². The fraction of sp³-hybridized carbons (Fsp3) is 0.385. The van der Waals surface area contributed by atoms with Crippen LogP contribution in [0.5, 0.6) is 23.0 Å². The lowest BCUT2D eigenvalue weighted by molar-refractivity contribution is 0.00497. The van der Waals surface area contributed by atoms with Crippen LogP contribution in [-0.2, 0) is 58.5 Å². The molecule has 6 heterocycles. The Labute approximate surface area is 450 Å². The smallest absolute Gasteiger partial charge is 0.168 e. The third-order valence-corrected chi connectivity index (χ3v) is 17.4. The van der Waals surface area contributed by atoms with Gasteiger partial charge < -0.3 is 54.4 Å². The van der Waals surface area contributed by atoms with Crippen molar-refractivity contribution in [1.29, 1.82) is 0 Å². The van der Waals surface area contributed by atoms with Crippen molar-refractivity contribution in [2.45, 2.75) is 108 Å². The highest BCUT2D eigenvalue weighted by molar-refractivity contribution is 5.89. The maximum absolute atomic E-state index is 12.2. The van der Waals surface area contributed by atoms with Gasteiger partial charge in [-0.15, -0.1) is 0 Å². The number of fused-ring (bicyclic) bond motifs is 5. The number of nitrogens with one attached hydrogen (secondary N) is 2.